The van der Waals surface area contributed by atoms with Crippen LogP contribution in [-0.2, 0) is 48.0 Å². The molecule has 404 valence electrons. The molecule has 0 radical (unpaired) electrons. The van der Waals surface area contributed by atoms with E-state index < -0.39 is 71.2 Å². The molecular weight excluding hydrogens is 1020 g/mol. The Balaban J connectivity index is 0.00000352. The number of benzene rings is 2. The molecule has 15 nitrogen and oxygen atoms in total. The molecule has 4 amide bonds. The Labute approximate surface area is 453 Å². The van der Waals surface area contributed by atoms with Crippen LogP contribution in [0.3, 0.4) is 0 Å². The number of ketones is 1. The normalized spacial score (nSPS) is 19.2. The van der Waals surface area contributed by atoms with E-state index in [1.807, 2.05) is 51.1 Å². The van der Waals surface area contributed by atoms with E-state index in [9.17, 15) is 42.3 Å². The fraction of sp³-hybridized carbons (Fsp3) is 0.529. The Morgan fingerprint density at radius 3 is 2.30 bits per heavy atom. The number of carbonyl (C=O) groups excluding carboxylic acids is 5. The van der Waals surface area contributed by atoms with Crippen LogP contribution in [0, 0.1) is 17.3 Å². The maximum atomic E-state index is 14.7. The molecule has 5 heterocycles. The lowest BCUT2D eigenvalue weighted by molar-refractivity contribution is -0.176. The number of nitrogens with zero attached hydrogens (tertiary/aromatic N) is 5. The number of aryl methyl sites for hydroxylation is 1. The molecule has 6 bridgehead atoms. The van der Waals surface area contributed by atoms with Gasteiger partial charge in [0.2, 0.25) is 11.7 Å². The highest BCUT2D eigenvalue weighted by molar-refractivity contribution is 7.59. The van der Waals surface area contributed by atoms with Crippen LogP contribution in [0.15, 0.2) is 54.7 Å². The molecule has 4 atom stereocenters. The Hall–Kier alpha value is -4.61. The Bertz CT molecular complexity index is 2610. The number of likely N-dealkylation sites (tertiary alicyclic amines) is 1. The molecule has 2 aromatic carbocycles. The second-order valence-electron chi connectivity index (χ2n) is 19.7. The highest BCUT2D eigenvalue weighted by atomic mass is 32.1. The van der Waals surface area contributed by atoms with Crippen molar-refractivity contribution in [2.24, 2.45) is 17.3 Å². The van der Waals surface area contributed by atoms with Gasteiger partial charge in [-0.1, -0.05) is 39.8 Å². The van der Waals surface area contributed by atoms with E-state index in [1.54, 1.807) is 33.2 Å². The Morgan fingerprint density at radius 2 is 1.67 bits per heavy atom. The molecule has 0 spiro atoms. The first-order chi connectivity index (χ1) is 32.6. The number of pyridine rings is 1. The third-order valence-electron chi connectivity index (χ3n) is 13.7. The number of hydrazine groups is 1. The summed E-state index contributed by atoms with van der Waals surface area (Å²) in [6.07, 6.45) is -2.63. The number of urea groups is 1. The number of amides is 4. The number of phenols is 1. The summed E-state index contributed by atoms with van der Waals surface area (Å²) in [6, 6.07) is 11.2. The van der Waals surface area contributed by atoms with Gasteiger partial charge in [-0.15, -0.1) is 0 Å². The molecule has 3 N–H and O–H groups in total. The van der Waals surface area contributed by atoms with Gasteiger partial charge in [0, 0.05) is 80.8 Å². The van der Waals surface area contributed by atoms with Crippen LogP contribution in [0.4, 0.5) is 18.0 Å². The summed E-state index contributed by atoms with van der Waals surface area (Å²) >= 11 is 0. The number of nitrogens with one attached hydrogen (secondary N) is 2. The van der Waals surface area contributed by atoms with Crippen LogP contribution in [0.5, 0.6) is 5.75 Å². The number of halogens is 3. The lowest BCUT2D eigenvalue weighted by atomic mass is 9.84. The monoisotopic (exact) mass is 1100 g/mol. The first-order valence-electron chi connectivity index (χ1n) is 23.8. The number of fused-ring (bicyclic) bond motifs is 6. The zero-order chi connectivity index (χ0) is 50.1. The van der Waals surface area contributed by atoms with Gasteiger partial charge in [0.05, 0.1) is 24.1 Å². The van der Waals surface area contributed by atoms with E-state index in [4.69, 9.17) is 14.5 Å². The van der Waals surface area contributed by atoms with E-state index in [2.05, 4.69) is 28.3 Å². The molecule has 3 aliphatic rings. The van der Waals surface area contributed by atoms with Crippen molar-refractivity contribution < 1.29 is 51.7 Å². The summed E-state index contributed by atoms with van der Waals surface area (Å²) in [5.41, 5.74) is 9.09. The smallest absolute Gasteiger partial charge is 0.450 e. The van der Waals surface area contributed by atoms with E-state index in [-0.39, 0.29) is 111 Å². The third kappa shape index (κ3) is 13.8. The molecule has 22 heteroatoms. The number of cyclic esters (lactones) is 1. The largest absolute Gasteiger partial charge is 0.508 e. The lowest BCUT2D eigenvalue weighted by Gasteiger charge is -2.39. The number of phenolic OH excluding ortho intramolecular Hbond substituents is 1. The van der Waals surface area contributed by atoms with Crippen molar-refractivity contribution in [1.82, 2.24) is 35.1 Å². The zero-order valence-corrected chi connectivity index (χ0v) is 46.6. The van der Waals surface area contributed by atoms with Crippen molar-refractivity contribution in [3.63, 3.8) is 0 Å². The van der Waals surface area contributed by atoms with Crippen LogP contribution in [0.1, 0.15) is 90.2 Å². The van der Waals surface area contributed by atoms with Gasteiger partial charge in [0.25, 0.3) is 5.91 Å². The average Bonchev–Trinajstić information content (AvgIpc) is 3.62. The van der Waals surface area contributed by atoms with Gasteiger partial charge in [0.1, 0.15) is 23.9 Å². The van der Waals surface area contributed by atoms with Crippen molar-refractivity contribution in [3.8, 4) is 28.1 Å². The van der Waals surface area contributed by atoms with Crippen LogP contribution in [-0.4, -0.2) is 124 Å². The number of carbonyl (C=O) groups is 5. The summed E-state index contributed by atoms with van der Waals surface area (Å²) in [4.78, 5) is 76.2. The minimum absolute atomic E-state index is 0. The number of likely N-dealkylation sites (N-methyl/N-ethyl adjacent to an activating group) is 1. The van der Waals surface area contributed by atoms with Crippen LogP contribution < -0.4 is 10.7 Å². The van der Waals surface area contributed by atoms with Crippen molar-refractivity contribution in [1.29, 1.82) is 0 Å². The molecule has 2 fully saturated rings. The zero-order valence-electron chi connectivity index (χ0n) is 42.6. The minimum atomic E-state index is -4.97. The molecule has 0 saturated carbocycles. The van der Waals surface area contributed by atoms with Gasteiger partial charge < -0.3 is 34.3 Å². The number of hydrogen-bond donors (Lipinski definition) is 3. The minimum Gasteiger partial charge on any atom is -0.508 e. The fourth-order valence-corrected chi connectivity index (χ4v) is 10.2. The molecular formula is C51H72F3N7O8S4. The molecule has 3 aliphatic heterocycles. The van der Waals surface area contributed by atoms with E-state index in [1.165, 1.54) is 27.9 Å². The lowest BCUT2D eigenvalue weighted by Crippen LogP contribution is -2.62. The number of rotatable bonds is 9. The summed E-state index contributed by atoms with van der Waals surface area (Å²) in [5.74, 6) is -5.38. The van der Waals surface area contributed by atoms with Gasteiger partial charge in [-0.3, -0.25) is 29.2 Å². The van der Waals surface area contributed by atoms with E-state index in [0.717, 1.165) is 39.0 Å². The van der Waals surface area contributed by atoms with Gasteiger partial charge in [-0.25, -0.2) is 10.2 Å². The molecule has 0 unspecified atom stereocenters. The third-order valence-corrected chi connectivity index (χ3v) is 13.7. The summed E-state index contributed by atoms with van der Waals surface area (Å²) in [6.45, 7) is 12.3. The predicted molar refractivity (Wildman–Crippen MR) is 294 cm³/mol. The Kier molecular flexibility index (Phi) is 22.1. The van der Waals surface area contributed by atoms with Crippen LogP contribution in [0.2, 0.25) is 0 Å². The summed E-state index contributed by atoms with van der Waals surface area (Å²) < 4.78 is 53.6. The summed E-state index contributed by atoms with van der Waals surface area (Å²) in [7, 11) is 3.07. The number of aromatic nitrogens is 2. The number of ether oxygens (including phenoxy) is 2. The molecule has 4 aromatic rings. The highest BCUT2D eigenvalue weighted by Gasteiger charge is 2.45. The van der Waals surface area contributed by atoms with Gasteiger partial charge >= 0.3 is 18.2 Å². The molecule has 73 heavy (non-hydrogen) atoms. The van der Waals surface area contributed by atoms with Gasteiger partial charge in [0.15, 0.2) is 0 Å². The molecule has 2 aromatic heterocycles. The van der Waals surface area contributed by atoms with Gasteiger partial charge in [-0.2, -0.15) is 67.2 Å². The van der Waals surface area contributed by atoms with Crippen molar-refractivity contribution in [2.75, 3.05) is 40.4 Å². The Morgan fingerprint density at radius 1 is 0.986 bits per heavy atom. The van der Waals surface area contributed by atoms with Crippen LogP contribution in [0.25, 0.3) is 33.3 Å². The number of methoxy groups -OCH3 is 1. The molecule has 2 saturated heterocycles. The molecule has 0 aliphatic carbocycles. The second-order valence-corrected chi connectivity index (χ2v) is 19.7. The van der Waals surface area contributed by atoms with Crippen molar-refractivity contribution in [3.05, 3.63) is 71.5 Å². The van der Waals surface area contributed by atoms with Crippen molar-refractivity contribution >= 4 is 94.5 Å². The average molecular weight is 1100 g/mol. The number of Topliss-reactive ketones (excluding diaryl/α,β-unsaturated/α-hetero) is 1. The second kappa shape index (κ2) is 25.8. The summed E-state index contributed by atoms with van der Waals surface area (Å²) in [5, 5.41) is 16.5. The molecule has 7 rings (SSSR count). The maximum absolute atomic E-state index is 14.7. The maximum Gasteiger partial charge on any atom is 0.450 e. The van der Waals surface area contributed by atoms with Crippen molar-refractivity contribution in [2.45, 2.75) is 117 Å². The number of aromatic hydroxyl groups is 1. The highest BCUT2D eigenvalue weighted by Crippen LogP contribution is 2.42. The first kappa shape index (κ1) is 62.7. The van der Waals surface area contributed by atoms with Gasteiger partial charge in [-0.05, 0) is 111 Å². The topological polar surface area (TPSA) is 176 Å². The fourth-order valence-electron chi connectivity index (χ4n) is 10.2. The van der Waals surface area contributed by atoms with E-state index >= 15 is 0 Å². The number of hydrogen-bond acceptors (Lipinski definition) is 10. The first-order valence-corrected chi connectivity index (χ1v) is 23.8. The van der Waals surface area contributed by atoms with E-state index in [0.29, 0.717) is 36.9 Å². The number of alkyl halides is 3. The predicted octanol–water partition coefficient (Wildman–Crippen LogP) is 7.82. The standard InChI is InChI=1S/C51H64F3N7O8.4H2S/c1-9-60-41-15-14-33-26-37(41)38(44(60)36-12-10-18-55-42(36)30(4)68-8)27-50(5,6)28-69-48(66)39-13-11-19-61(57-39)47(65)40(24-31-22-34(33)25-35(62)23-31)56-46(64)43(29(2)3)58(7)49(67)59-20-16-32(17-21-59)45(63)51(52,53)54;;;;/h10,12,14-15,18,22-23,25-26,29-30,32,39-40,43,57,62H,9,11,13,16-17,19-21,24,27-28H2,1-8H3,(H,56,64);4*1H2/t30-,39-,40-,43-;;;;/m0..../s1. The van der Waals surface area contributed by atoms with Crippen LogP contribution >= 0.6 is 54.0 Å². The number of esters is 1. The number of piperidine rings is 1. The quantitative estimate of drug-likeness (QED) is 0.140. The SMILES string of the molecule is CCn1c(-c2cccnc2[C@H](C)OC)c2c3cc(ccc31)-c1cc(O)cc(c1)C[C@H](NC(=O)[C@H](C(C)C)N(C)C(=O)N1CCC(C(=O)C(F)(F)F)CC1)C(=O)N1CCC[C@H](N1)C(=O)OCC(C)(C)C2.S.S.S.S.